The van der Waals surface area contributed by atoms with Gasteiger partial charge in [0.15, 0.2) is 0 Å². The Morgan fingerprint density at radius 1 is 1.13 bits per heavy atom. The molecule has 0 fully saturated rings. The first-order valence-electron chi connectivity index (χ1n) is 9.88. The van der Waals surface area contributed by atoms with Gasteiger partial charge in [0.1, 0.15) is 0 Å². The summed E-state index contributed by atoms with van der Waals surface area (Å²) in [5.74, 6) is -1.01. The number of aromatic nitrogens is 1. The van der Waals surface area contributed by atoms with Crippen molar-refractivity contribution in [3.8, 4) is 0 Å². The molecule has 0 bridgehead atoms. The van der Waals surface area contributed by atoms with E-state index in [1.807, 2.05) is 19.9 Å². The molecule has 0 radical (unpaired) electrons. The molecule has 0 saturated carbocycles. The molecule has 1 aromatic carbocycles. The third kappa shape index (κ3) is 4.14. The Hall–Kier alpha value is -1.86. The molecular weight excluding hydrogens is 427 g/mol. The molecule has 3 atom stereocenters. The Kier molecular flexibility index (Phi) is 6.63. The summed E-state index contributed by atoms with van der Waals surface area (Å²) in [5, 5.41) is 20.9. The summed E-state index contributed by atoms with van der Waals surface area (Å²) < 4.78 is 0. The molecule has 2 aromatic rings. The highest BCUT2D eigenvalue weighted by atomic mass is 35.5. The number of rotatable bonds is 5. The number of fused-ring (bicyclic) bond motifs is 1. The maximum atomic E-state index is 13.3. The lowest BCUT2D eigenvalue weighted by atomic mass is 9.86. The second kappa shape index (κ2) is 8.71. The van der Waals surface area contributed by atoms with Crippen molar-refractivity contribution >= 4 is 29.1 Å². The number of benzene rings is 1. The van der Waals surface area contributed by atoms with Crippen LogP contribution < -0.4 is 5.56 Å². The van der Waals surface area contributed by atoms with Gasteiger partial charge in [-0.15, -0.1) is 0 Å². The second-order valence-electron chi connectivity index (χ2n) is 8.04. The Morgan fingerprint density at radius 3 is 2.33 bits per heavy atom. The standard InChI is InChI=1S/C22H26Cl2N2O4/c1-10-7-11(2)25-21(29)16(10)9-26-6-5-14-17(23)8-15(18(12(3)27)13(4)28)20(24)19(14)22(26)30/h7-8,12-13,18,27-28H,5-6,9H2,1-4H3,(H,25,29)/t12-,13+,18+. The summed E-state index contributed by atoms with van der Waals surface area (Å²) in [6.45, 7) is 7.34. The van der Waals surface area contributed by atoms with Crippen LogP contribution in [0.1, 0.15) is 58.1 Å². The van der Waals surface area contributed by atoms with Gasteiger partial charge in [-0.2, -0.15) is 0 Å². The van der Waals surface area contributed by atoms with Gasteiger partial charge >= 0.3 is 0 Å². The quantitative estimate of drug-likeness (QED) is 0.648. The van der Waals surface area contributed by atoms with Gasteiger partial charge in [-0.05, 0) is 62.9 Å². The topological polar surface area (TPSA) is 93.6 Å². The second-order valence-corrected chi connectivity index (χ2v) is 8.83. The molecule has 3 rings (SSSR count). The molecule has 8 heteroatoms. The normalized spacial score (nSPS) is 16.9. The molecule has 1 aliphatic rings. The van der Waals surface area contributed by atoms with Crippen LogP contribution in [-0.4, -0.2) is 44.8 Å². The molecular formula is C22H26Cl2N2O4. The lowest BCUT2D eigenvalue weighted by Gasteiger charge is -2.32. The van der Waals surface area contributed by atoms with Gasteiger partial charge in [0, 0.05) is 28.7 Å². The summed E-state index contributed by atoms with van der Waals surface area (Å²) in [5.41, 5.74) is 3.25. The van der Waals surface area contributed by atoms with Gasteiger partial charge in [-0.1, -0.05) is 23.2 Å². The van der Waals surface area contributed by atoms with E-state index in [1.54, 1.807) is 24.8 Å². The third-order valence-electron chi connectivity index (χ3n) is 5.72. The maximum absolute atomic E-state index is 13.3. The maximum Gasteiger partial charge on any atom is 0.256 e. The van der Waals surface area contributed by atoms with Crippen LogP contribution in [0.2, 0.25) is 10.0 Å². The SMILES string of the molecule is Cc1cc(C)c(CN2CCc3c(Cl)cc([C@H]([C@H](C)O)[C@@H](C)O)c(Cl)c3C2=O)c(=O)[nH]1. The molecule has 1 amide bonds. The van der Waals surface area contributed by atoms with Gasteiger partial charge in [0.05, 0.1) is 29.3 Å². The first-order chi connectivity index (χ1) is 14.0. The number of halogens is 2. The van der Waals surface area contributed by atoms with E-state index in [2.05, 4.69) is 4.98 Å². The number of aryl methyl sites for hydroxylation is 2. The zero-order chi connectivity index (χ0) is 22.3. The molecule has 162 valence electrons. The highest BCUT2D eigenvalue weighted by molar-refractivity contribution is 6.37. The van der Waals surface area contributed by atoms with Crippen LogP contribution in [0.5, 0.6) is 0 Å². The van der Waals surface area contributed by atoms with Crippen LogP contribution in [0.15, 0.2) is 16.9 Å². The van der Waals surface area contributed by atoms with Crippen molar-refractivity contribution in [3.05, 3.63) is 66.0 Å². The highest BCUT2D eigenvalue weighted by Crippen LogP contribution is 2.40. The number of aliphatic hydroxyl groups is 2. The fourth-order valence-electron chi connectivity index (χ4n) is 4.24. The Labute approximate surface area is 185 Å². The molecule has 2 heterocycles. The van der Waals surface area contributed by atoms with Crippen LogP contribution in [0.4, 0.5) is 0 Å². The van der Waals surface area contributed by atoms with E-state index in [1.165, 1.54) is 0 Å². The largest absolute Gasteiger partial charge is 0.393 e. The lowest BCUT2D eigenvalue weighted by molar-refractivity contribution is 0.0702. The average Bonchev–Trinajstić information content (AvgIpc) is 2.62. The van der Waals surface area contributed by atoms with Gasteiger partial charge in [-0.3, -0.25) is 9.59 Å². The van der Waals surface area contributed by atoms with Crippen LogP contribution >= 0.6 is 23.2 Å². The zero-order valence-corrected chi connectivity index (χ0v) is 18.9. The van der Waals surface area contributed by atoms with Gasteiger partial charge in [0.25, 0.3) is 11.5 Å². The Morgan fingerprint density at radius 2 is 1.77 bits per heavy atom. The summed E-state index contributed by atoms with van der Waals surface area (Å²) in [7, 11) is 0. The molecule has 0 aliphatic carbocycles. The zero-order valence-electron chi connectivity index (χ0n) is 17.4. The number of pyridine rings is 1. The first-order valence-corrected chi connectivity index (χ1v) is 10.6. The Balaban J connectivity index is 2.05. The van der Waals surface area contributed by atoms with Crippen LogP contribution in [0, 0.1) is 13.8 Å². The number of carbonyl (C=O) groups excluding carboxylic acids is 1. The lowest BCUT2D eigenvalue weighted by Crippen LogP contribution is -2.39. The monoisotopic (exact) mass is 452 g/mol. The number of aliphatic hydroxyl groups excluding tert-OH is 2. The molecule has 3 N–H and O–H groups in total. The predicted molar refractivity (Wildman–Crippen MR) is 118 cm³/mol. The van der Waals surface area contributed by atoms with E-state index >= 15 is 0 Å². The van der Waals surface area contributed by atoms with E-state index in [9.17, 15) is 19.8 Å². The number of nitrogens with one attached hydrogen (secondary N) is 1. The summed E-state index contributed by atoms with van der Waals surface area (Å²) in [4.78, 5) is 30.1. The van der Waals surface area contributed by atoms with E-state index in [4.69, 9.17) is 23.2 Å². The van der Waals surface area contributed by atoms with Gasteiger partial charge in [0.2, 0.25) is 0 Å². The van der Waals surface area contributed by atoms with E-state index in [0.29, 0.717) is 34.7 Å². The van der Waals surface area contributed by atoms with Crippen molar-refractivity contribution in [2.45, 2.75) is 58.8 Å². The van der Waals surface area contributed by atoms with Crippen LogP contribution in [-0.2, 0) is 13.0 Å². The molecule has 0 unspecified atom stereocenters. The minimum Gasteiger partial charge on any atom is -0.393 e. The van der Waals surface area contributed by atoms with Gasteiger partial charge < -0.3 is 20.1 Å². The minimum absolute atomic E-state index is 0.161. The first kappa shape index (κ1) is 22.8. The predicted octanol–water partition coefficient (Wildman–Crippen LogP) is 3.34. The van der Waals surface area contributed by atoms with Crippen molar-refractivity contribution in [3.63, 3.8) is 0 Å². The minimum atomic E-state index is -0.889. The molecule has 1 aromatic heterocycles. The summed E-state index contributed by atoms with van der Waals surface area (Å²) >= 11 is 13.1. The summed E-state index contributed by atoms with van der Waals surface area (Å²) in [6.07, 6.45) is -1.28. The van der Waals surface area contributed by atoms with Crippen molar-refractivity contribution in [1.29, 1.82) is 0 Å². The highest BCUT2D eigenvalue weighted by Gasteiger charge is 2.34. The number of nitrogens with zero attached hydrogens (tertiary/aromatic N) is 1. The number of carbonyl (C=O) groups is 1. The number of H-pyrrole nitrogens is 1. The van der Waals surface area contributed by atoms with E-state index < -0.39 is 18.1 Å². The van der Waals surface area contributed by atoms with Crippen LogP contribution in [0.3, 0.4) is 0 Å². The average molecular weight is 453 g/mol. The van der Waals surface area contributed by atoms with E-state index in [-0.39, 0.29) is 28.6 Å². The Bertz CT molecular complexity index is 1040. The molecule has 0 spiro atoms. The van der Waals surface area contributed by atoms with Crippen molar-refractivity contribution in [1.82, 2.24) is 9.88 Å². The van der Waals surface area contributed by atoms with Crippen molar-refractivity contribution in [2.75, 3.05) is 6.54 Å². The molecule has 0 saturated heterocycles. The number of hydrogen-bond donors (Lipinski definition) is 3. The van der Waals surface area contributed by atoms with Crippen molar-refractivity contribution < 1.29 is 15.0 Å². The fourth-order valence-corrected chi connectivity index (χ4v) is 4.92. The molecule has 30 heavy (non-hydrogen) atoms. The smallest absolute Gasteiger partial charge is 0.256 e. The van der Waals surface area contributed by atoms with Gasteiger partial charge in [-0.25, -0.2) is 0 Å². The van der Waals surface area contributed by atoms with Crippen LogP contribution in [0.25, 0.3) is 0 Å². The summed E-state index contributed by atoms with van der Waals surface area (Å²) in [6, 6.07) is 3.50. The van der Waals surface area contributed by atoms with Crippen molar-refractivity contribution in [2.24, 2.45) is 0 Å². The van der Waals surface area contributed by atoms with E-state index in [0.717, 1.165) is 11.3 Å². The number of aromatic amines is 1. The number of amides is 1. The third-order valence-corrected chi connectivity index (χ3v) is 6.46. The molecule has 6 nitrogen and oxygen atoms in total. The fraction of sp³-hybridized carbons (Fsp3) is 0.455. The number of hydrogen-bond acceptors (Lipinski definition) is 4. The molecule has 1 aliphatic heterocycles.